The third kappa shape index (κ3) is 3.53. The quantitative estimate of drug-likeness (QED) is 0.326. The van der Waals surface area contributed by atoms with Crippen molar-refractivity contribution in [1.29, 1.82) is 0 Å². The molecule has 2 atom stereocenters. The molecule has 1 saturated heterocycles. The number of amides is 2. The van der Waals surface area contributed by atoms with Gasteiger partial charge in [0.15, 0.2) is 0 Å². The molecule has 4 aromatic rings. The van der Waals surface area contributed by atoms with Crippen LogP contribution in [0.3, 0.4) is 0 Å². The molecular weight excluding hydrogens is 480 g/mol. The standard InChI is InChI=1S/C27H21ClN4O4/c28-21-10-3-1-6-17(21)14-30-15-24(33)31-23(27(30)34)13-20-19-9-2-4-11-22(19)29-25(20)26(31)16-7-5-8-18(12-16)32(35)36/h1-12,23,26,29H,13-15H2/t23-,26?/m1/s1. The first-order valence-corrected chi connectivity index (χ1v) is 12.0. The van der Waals surface area contributed by atoms with Gasteiger partial charge in [0.1, 0.15) is 12.6 Å². The lowest BCUT2D eigenvalue weighted by Gasteiger charge is -2.47. The minimum atomic E-state index is -0.732. The second kappa shape index (κ2) is 8.49. The molecule has 3 aromatic carbocycles. The highest BCUT2D eigenvalue weighted by molar-refractivity contribution is 6.31. The molecule has 2 aliphatic rings. The number of H-pyrrole nitrogens is 1. The van der Waals surface area contributed by atoms with Crippen molar-refractivity contribution in [2.75, 3.05) is 6.54 Å². The Kier molecular flexibility index (Phi) is 5.26. The Morgan fingerprint density at radius 2 is 1.81 bits per heavy atom. The number of halogens is 1. The number of nitro groups is 1. The fourth-order valence-corrected chi connectivity index (χ4v) is 5.64. The first-order valence-electron chi connectivity index (χ1n) is 11.6. The molecule has 0 spiro atoms. The van der Waals surface area contributed by atoms with Gasteiger partial charge in [0.25, 0.3) is 5.69 Å². The largest absolute Gasteiger partial charge is 0.356 e. The van der Waals surface area contributed by atoms with Gasteiger partial charge in [0.05, 0.1) is 11.0 Å². The van der Waals surface area contributed by atoms with Crippen molar-refractivity contribution in [2.24, 2.45) is 0 Å². The molecule has 2 amide bonds. The van der Waals surface area contributed by atoms with E-state index in [1.807, 2.05) is 42.5 Å². The van der Waals surface area contributed by atoms with Crippen molar-refractivity contribution < 1.29 is 14.5 Å². The summed E-state index contributed by atoms with van der Waals surface area (Å²) in [5.74, 6) is -0.381. The summed E-state index contributed by atoms with van der Waals surface area (Å²) in [7, 11) is 0. The van der Waals surface area contributed by atoms with Gasteiger partial charge in [-0.1, -0.05) is 60.1 Å². The van der Waals surface area contributed by atoms with E-state index in [0.717, 1.165) is 27.7 Å². The zero-order valence-corrected chi connectivity index (χ0v) is 19.8. The Hall–Kier alpha value is -4.17. The summed E-state index contributed by atoms with van der Waals surface area (Å²) < 4.78 is 0. The minimum Gasteiger partial charge on any atom is -0.356 e. The number of aromatic nitrogens is 1. The molecule has 1 unspecified atom stereocenters. The van der Waals surface area contributed by atoms with Gasteiger partial charge in [-0.15, -0.1) is 0 Å². The van der Waals surface area contributed by atoms with Crippen LogP contribution in [0.15, 0.2) is 72.8 Å². The van der Waals surface area contributed by atoms with Gasteiger partial charge in [-0.3, -0.25) is 19.7 Å². The van der Waals surface area contributed by atoms with Crippen LogP contribution in [0.1, 0.15) is 28.4 Å². The lowest BCUT2D eigenvalue weighted by atomic mass is 9.86. The number of non-ortho nitro benzene ring substituents is 1. The van der Waals surface area contributed by atoms with E-state index in [4.69, 9.17) is 11.6 Å². The molecule has 0 aliphatic carbocycles. The number of rotatable bonds is 4. The van der Waals surface area contributed by atoms with E-state index in [0.29, 0.717) is 17.0 Å². The highest BCUT2D eigenvalue weighted by Crippen LogP contribution is 2.43. The average Bonchev–Trinajstić information content (AvgIpc) is 3.25. The smallest absolute Gasteiger partial charge is 0.269 e. The molecule has 1 fully saturated rings. The molecule has 3 heterocycles. The highest BCUT2D eigenvalue weighted by Gasteiger charge is 2.48. The highest BCUT2D eigenvalue weighted by atomic mass is 35.5. The van der Waals surface area contributed by atoms with E-state index >= 15 is 0 Å². The Bertz CT molecular complexity index is 1550. The first-order chi connectivity index (χ1) is 17.4. The number of aromatic amines is 1. The molecular formula is C27H21ClN4O4. The molecule has 6 rings (SSSR count). The Balaban J connectivity index is 1.47. The van der Waals surface area contributed by atoms with E-state index in [2.05, 4.69) is 4.98 Å². The predicted octanol–water partition coefficient (Wildman–Crippen LogP) is 4.61. The molecule has 2 aliphatic heterocycles. The molecule has 180 valence electrons. The van der Waals surface area contributed by atoms with Crippen LogP contribution in [0.25, 0.3) is 10.9 Å². The molecule has 0 bridgehead atoms. The van der Waals surface area contributed by atoms with Gasteiger partial charge in [-0.2, -0.15) is 0 Å². The number of fused-ring (bicyclic) bond motifs is 4. The Labute approximate surface area is 211 Å². The third-order valence-electron chi connectivity index (χ3n) is 7.06. The maximum atomic E-state index is 13.8. The van der Waals surface area contributed by atoms with E-state index in [1.54, 1.807) is 28.0 Å². The summed E-state index contributed by atoms with van der Waals surface area (Å²) in [6.45, 7) is 0.137. The summed E-state index contributed by atoms with van der Waals surface area (Å²) in [6.07, 6.45) is 0.356. The molecule has 1 aromatic heterocycles. The van der Waals surface area contributed by atoms with Crippen LogP contribution in [0.5, 0.6) is 0 Å². The van der Waals surface area contributed by atoms with Crippen molar-refractivity contribution in [2.45, 2.75) is 25.0 Å². The van der Waals surface area contributed by atoms with Gasteiger partial charge in [0.2, 0.25) is 11.8 Å². The molecule has 0 radical (unpaired) electrons. The monoisotopic (exact) mass is 500 g/mol. The van der Waals surface area contributed by atoms with E-state index in [1.165, 1.54) is 12.1 Å². The van der Waals surface area contributed by atoms with E-state index in [9.17, 15) is 19.7 Å². The number of carbonyl (C=O) groups is 2. The number of carbonyl (C=O) groups excluding carboxylic acids is 2. The maximum absolute atomic E-state index is 13.8. The lowest BCUT2D eigenvalue weighted by Crippen LogP contribution is -2.62. The van der Waals surface area contributed by atoms with Crippen LogP contribution >= 0.6 is 11.6 Å². The minimum absolute atomic E-state index is 0.0663. The molecule has 0 saturated carbocycles. The van der Waals surface area contributed by atoms with Crippen LogP contribution in [0.2, 0.25) is 5.02 Å². The first kappa shape index (κ1) is 22.3. The SMILES string of the molecule is O=C1[C@H]2Cc3c([nH]c4ccccc34)C(c3cccc([N+](=O)[O-])c3)N2C(=O)CN1Cc1ccccc1Cl. The van der Waals surface area contributed by atoms with E-state index < -0.39 is 17.0 Å². The number of hydrogen-bond donors (Lipinski definition) is 1. The number of benzene rings is 3. The third-order valence-corrected chi connectivity index (χ3v) is 7.43. The van der Waals surface area contributed by atoms with Gasteiger partial charge in [-0.25, -0.2) is 0 Å². The lowest BCUT2D eigenvalue weighted by molar-refractivity contribution is -0.384. The van der Waals surface area contributed by atoms with Gasteiger partial charge >= 0.3 is 0 Å². The normalized spacial score (nSPS) is 19.4. The van der Waals surface area contributed by atoms with Crippen molar-refractivity contribution in [1.82, 2.24) is 14.8 Å². The maximum Gasteiger partial charge on any atom is 0.269 e. The van der Waals surface area contributed by atoms with Crippen molar-refractivity contribution in [3.8, 4) is 0 Å². The number of nitrogens with one attached hydrogen (secondary N) is 1. The zero-order valence-electron chi connectivity index (χ0n) is 19.1. The van der Waals surface area contributed by atoms with Crippen LogP contribution in [0, 0.1) is 10.1 Å². The number of nitrogens with zero attached hydrogens (tertiary/aromatic N) is 3. The van der Waals surface area contributed by atoms with Crippen molar-refractivity contribution in [3.05, 3.63) is 110 Å². The molecule has 36 heavy (non-hydrogen) atoms. The summed E-state index contributed by atoms with van der Waals surface area (Å²) in [5, 5.41) is 13.0. The van der Waals surface area contributed by atoms with Gasteiger partial charge < -0.3 is 14.8 Å². The fraction of sp³-hybridized carbons (Fsp3) is 0.185. The van der Waals surface area contributed by atoms with Crippen LogP contribution < -0.4 is 0 Å². The molecule has 1 N–H and O–H groups in total. The second-order valence-electron chi connectivity index (χ2n) is 9.12. The van der Waals surface area contributed by atoms with Crippen LogP contribution in [-0.2, 0) is 22.6 Å². The van der Waals surface area contributed by atoms with Crippen molar-refractivity contribution in [3.63, 3.8) is 0 Å². The average molecular weight is 501 g/mol. The van der Waals surface area contributed by atoms with Gasteiger partial charge in [0, 0.05) is 46.7 Å². The van der Waals surface area contributed by atoms with Crippen LogP contribution in [0.4, 0.5) is 5.69 Å². The number of hydrogen-bond acceptors (Lipinski definition) is 4. The van der Waals surface area contributed by atoms with E-state index in [-0.39, 0.29) is 30.6 Å². The summed E-state index contributed by atoms with van der Waals surface area (Å²) in [4.78, 5) is 45.1. The summed E-state index contributed by atoms with van der Waals surface area (Å²) in [6, 6.07) is 20.0. The Morgan fingerprint density at radius 3 is 2.61 bits per heavy atom. The molecule has 8 nitrogen and oxygen atoms in total. The topological polar surface area (TPSA) is 99.5 Å². The fourth-order valence-electron chi connectivity index (χ4n) is 5.44. The summed E-state index contributed by atoms with van der Waals surface area (Å²) >= 11 is 6.33. The van der Waals surface area contributed by atoms with Crippen LogP contribution in [-0.4, -0.2) is 44.1 Å². The van der Waals surface area contributed by atoms with Crippen molar-refractivity contribution >= 4 is 40.0 Å². The second-order valence-corrected chi connectivity index (χ2v) is 9.53. The Morgan fingerprint density at radius 1 is 1.03 bits per heavy atom. The molecule has 9 heteroatoms. The number of para-hydroxylation sites is 1. The number of piperazine rings is 1. The summed E-state index contributed by atoms with van der Waals surface area (Å²) in [5.41, 5.74) is 3.92. The predicted molar refractivity (Wildman–Crippen MR) is 134 cm³/mol. The zero-order chi connectivity index (χ0) is 25.0. The number of nitro benzene ring substituents is 1. The van der Waals surface area contributed by atoms with Gasteiger partial charge in [-0.05, 0) is 28.8 Å².